The van der Waals surface area contributed by atoms with Gasteiger partial charge in [-0.15, -0.1) is 0 Å². The second-order valence-corrected chi connectivity index (χ2v) is 4.34. The number of piperazine rings is 1. The topological polar surface area (TPSA) is 35.5 Å². The van der Waals surface area contributed by atoms with Crippen LogP contribution in [0.5, 0.6) is 5.75 Å². The van der Waals surface area contributed by atoms with Gasteiger partial charge < -0.3 is 15.3 Å². The van der Waals surface area contributed by atoms with Crippen molar-refractivity contribution in [3.63, 3.8) is 0 Å². The Hall–Kier alpha value is -1.27. The fourth-order valence-electron chi connectivity index (χ4n) is 2.04. The molecule has 1 aromatic rings. The lowest BCUT2D eigenvalue weighted by Crippen LogP contribution is -2.44. The van der Waals surface area contributed by atoms with Crippen LogP contribution in [0.2, 0.25) is 0 Å². The minimum Gasteiger partial charge on any atom is -0.505 e. The van der Waals surface area contributed by atoms with Crippen molar-refractivity contribution >= 4 is 0 Å². The fraction of sp³-hybridized carbons (Fsp3) is 0.500. The van der Waals surface area contributed by atoms with E-state index in [1.54, 1.807) is 0 Å². The minimum atomic E-state index is -1.63. The molecule has 0 bridgehead atoms. The number of nitrogens with one attached hydrogen (secondary N) is 1. The number of aromatic hydroxyl groups is 1. The summed E-state index contributed by atoms with van der Waals surface area (Å²) in [7, 11) is 0. The Kier molecular flexibility index (Phi) is 4.08. The second kappa shape index (κ2) is 5.58. The van der Waals surface area contributed by atoms with Gasteiger partial charge in [0.25, 0.3) is 0 Å². The summed E-state index contributed by atoms with van der Waals surface area (Å²) in [5.74, 6) is -5.19. The first-order valence-electron chi connectivity index (χ1n) is 5.88. The molecule has 0 spiro atoms. The normalized spacial score (nSPS) is 17.1. The third kappa shape index (κ3) is 2.76. The largest absolute Gasteiger partial charge is 0.505 e. The van der Waals surface area contributed by atoms with E-state index >= 15 is 0 Å². The Bertz CT molecular complexity index is 434. The molecule has 0 amide bonds. The summed E-state index contributed by atoms with van der Waals surface area (Å²) in [6.07, 6.45) is 0.292. The van der Waals surface area contributed by atoms with E-state index < -0.39 is 23.2 Å². The third-order valence-corrected chi connectivity index (χ3v) is 3.12. The van der Waals surface area contributed by atoms with Crippen molar-refractivity contribution in [1.29, 1.82) is 0 Å². The predicted octanol–water partition coefficient (Wildman–Crippen LogP) is 1.26. The van der Waals surface area contributed by atoms with Gasteiger partial charge in [-0.3, -0.25) is 0 Å². The fourth-order valence-corrected chi connectivity index (χ4v) is 2.04. The van der Waals surface area contributed by atoms with E-state index in [9.17, 15) is 18.3 Å². The Morgan fingerprint density at radius 1 is 1.17 bits per heavy atom. The molecule has 0 saturated carbocycles. The molecular weight excluding hydrogens is 245 g/mol. The zero-order valence-corrected chi connectivity index (χ0v) is 9.85. The van der Waals surface area contributed by atoms with Crippen molar-refractivity contribution < 1.29 is 18.3 Å². The summed E-state index contributed by atoms with van der Waals surface area (Å²) >= 11 is 0. The van der Waals surface area contributed by atoms with E-state index in [1.807, 2.05) is 0 Å². The van der Waals surface area contributed by atoms with Gasteiger partial charge >= 0.3 is 0 Å². The molecule has 0 aromatic heterocycles. The highest BCUT2D eigenvalue weighted by atomic mass is 19.2. The molecule has 0 atom stereocenters. The highest BCUT2D eigenvalue weighted by Gasteiger charge is 2.18. The average molecular weight is 260 g/mol. The highest BCUT2D eigenvalue weighted by Crippen LogP contribution is 2.26. The number of hydrogen-bond acceptors (Lipinski definition) is 3. The van der Waals surface area contributed by atoms with Crippen LogP contribution in [-0.2, 0) is 6.42 Å². The van der Waals surface area contributed by atoms with E-state index in [4.69, 9.17) is 0 Å². The maximum atomic E-state index is 13.1. The number of benzene rings is 1. The van der Waals surface area contributed by atoms with E-state index in [0.29, 0.717) is 13.0 Å². The van der Waals surface area contributed by atoms with Gasteiger partial charge in [0.15, 0.2) is 17.4 Å². The lowest BCUT2D eigenvalue weighted by molar-refractivity contribution is 0.242. The Morgan fingerprint density at radius 3 is 2.50 bits per heavy atom. The first-order valence-corrected chi connectivity index (χ1v) is 5.88. The number of nitrogens with zero attached hydrogens (tertiary/aromatic N) is 1. The van der Waals surface area contributed by atoms with Crippen LogP contribution < -0.4 is 5.32 Å². The van der Waals surface area contributed by atoms with Crippen LogP contribution in [0.25, 0.3) is 0 Å². The van der Waals surface area contributed by atoms with Gasteiger partial charge in [0, 0.05) is 38.3 Å². The van der Waals surface area contributed by atoms with E-state index in [1.165, 1.54) is 0 Å². The van der Waals surface area contributed by atoms with Gasteiger partial charge in [0.2, 0.25) is 5.82 Å². The van der Waals surface area contributed by atoms with Crippen LogP contribution >= 0.6 is 0 Å². The van der Waals surface area contributed by atoms with Crippen molar-refractivity contribution in [2.75, 3.05) is 32.7 Å². The number of phenolic OH excluding ortho intramolecular Hbond substituents is 1. The molecule has 1 aliphatic heterocycles. The highest BCUT2D eigenvalue weighted by molar-refractivity contribution is 5.35. The molecule has 2 N–H and O–H groups in total. The molecule has 0 radical (unpaired) electrons. The van der Waals surface area contributed by atoms with Crippen LogP contribution in [-0.4, -0.2) is 42.7 Å². The molecule has 18 heavy (non-hydrogen) atoms. The molecule has 1 aliphatic rings. The van der Waals surface area contributed by atoms with E-state index in [-0.39, 0.29) is 5.56 Å². The number of halogens is 3. The molecule has 100 valence electrons. The van der Waals surface area contributed by atoms with Crippen LogP contribution in [0.4, 0.5) is 13.2 Å². The lowest BCUT2D eigenvalue weighted by atomic mass is 10.1. The van der Waals surface area contributed by atoms with Gasteiger partial charge in [-0.1, -0.05) is 0 Å². The monoisotopic (exact) mass is 260 g/mol. The van der Waals surface area contributed by atoms with Crippen LogP contribution in [0.1, 0.15) is 5.56 Å². The summed E-state index contributed by atoms with van der Waals surface area (Å²) in [6.45, 7) is 4.04. The quantitative estimate of drug-likeness (QED) is 0.803. The Balaban J connectivity index is 2.05. The van der Waals surface area contributed by atoms with Gasteiger partial charge in [-0.25, -0.2) is 8.78 Å². The lowest BCUT2D eigenvalue weighted by Gasteiger charge is -2.27. The van der Waals surface area contributed by atoms with E-state index in [2.05, 4.69) is 10.2 Å². The molecule has 6 heteroatoms. The average Bonchev–Trinajstić information content (AvgIpc) is 2.40. The summed E-state index contributed by atoms with van der Waals surface area (Å²) in [4.78, 5) is 2.12. The number of hydrogen-bond donors (Lipinski definition) is 2. The minimum absolute atomic E-state index is 0.102. The van der Waals surface area contributed by atoms with Crippen molar-refractivity contribution in [3.8, 4) is 5.75 Å². The van der Waals surface area contributed by atoms with Gasteiger partial charge in [0.1, 0.15) is 0 Å². The first-order chi connectivity index (χ1) is 8.59. The molecule has 3 nitrogen and oxygen atoms in total. The zero-order chi connectivity index (χ0) is 13.1. The molecule has 0 aliphatic carbocycles. The number of phenols is 1. The summed E-state index contributed by atoms with van der Waals surface area (Å²) in [6, 6.07) is 0.857. The molecule has 1 saturated heterocycles. The Morgan fingerprint density at radius 2 is 1.83 bits per heavy atom. The standard InChI is InChI=1S/C12H15F3N2O/c13-9-7-8(12(18)11(15)10(9)14)1-4-17-5-2-16-3-6-17/h7,16,18H,1-6H2. The summed E-state index contributed by atoms with van der Waals surface area (Å²) < 4.78 is 39.0. The smallest absolute Gasteiger partial charge is 0.203 e. The van der Waals surface area contributed by atoms with Crippen molar-refractivity contribution in [1.82, 2.24) is 10.2 Å². The van der Waals surface area contributed by atoms with Crippen LogP contribution in [0, 0.1) is 17.5 Å². The van der Waals surface area contributed by atoms with Crippen molar-refractivity contribution in [3.05, 3.63) is 29.1 Å². The predicted molar refractivity (Wildman–Crippen MR) is 61.0 cm³/mol. The molecule has 2 rings (SSSR count). The summed E-state index contributed by atoms with van der Waals surface area (Å²) in [5.41, 5.74) is 0.102. The molecular formula is C12H15F3N2O. The van der Waals surface area contributed by atoms with Crippen molar-refractivity contribution in [2.45, 2.75) is 6.42 Å². The van der Waals surface area contributed by atoms with E-state index in [0.717, 1.165) is 32.2 Å². The SMILES string of the molecule is Oc1c(CCN2CCNCC2)cc(F)c(F)c1F. The van der Waals surface area contributed by atoms with Crippen LogP contribution in [0.3, 0.4) is 0 Å². The van der Waals surface area contributed by atoms with Crippen molar-refractivity contribution in [2.24, 2.45) is 0 Å². The summed E-state index contributed by atoms with van der Waals surface area (Å²) in [5, 5.41) is 12.6. The molecule has 1 aromatic carbocycles. The number of rotatable bonds is 3. The zero-order valence-electron chi connectivity index (χ0n) is 9.85. The molecule has 0 unspecified atom stereocenters. The maximum absolute atomic E-state index is 13.1. The maximum Gasteiger partial charge on any atom is 0.203 e. The van der Waals surface area contributed by atoms with Gasteiger partial charge in [-0.2, -0.15) is 4.39 Å². The van der Waals surface area contributed by atoms with Gasteiger partial charge in [-0.05, 0) is 12.5 Å². The third-order valence-electron chi connectivity index (χ3n) is 3.12. The van der Waals surface area contributed by atoms with Gasteiger partial charge in [0.05, 0.1) is 0 Å². The molecule has 1 fully saturated rings. The Labute approximate surface area is 103 Å². The first kappa shape index (κ1) is 13.2. The molecule has 1 heterocycles. The second-order valence-electron chi connectivity index (χ2n) is 4.34. The van der Waals surface area contributed by atoms with Crippen LogP contribution in [0.15, 0.2) is 6.07 Å².